The molecule has 0 aromatic heterocycles. The van der Waals surface area contributed by atoms with E-state index in [0.29, 0.717) is 0 Å². The third-order valence-corrected chi connectivity index (χ3v) is 1.35. The second-order valence-electron chi connectivity index (χ2n) is 2.11. The molecule has 0 unspecified atom stereocenters. The van der Waals surface area contributed by atoms with Crippen molar-refractivity contribution in [3.8, 4) is 0 Å². The van der Waals surface area contributed by atoms with E-state index in [4.69, 9.17) is 0 Å². The van der Waals surface area contributed by atoms with Gasteiger partial charge >= 0.3 is 0 Å². The monoisotopic (exact) mass is 108 g/mol. The highest BCUT2D eigenvalue weighted by Crippen LogP contribution is 2.02. The molecule has 44 valence electrons. The maximum Gasteiger partial charge on any atom is -0.0169 e. The first-order chi connectivity index (χ1) is 4.00. The SMILES string of the molecule is C1=CCCC/C=C\C1. The zero-order chi connectivity index (χ0) is 5.66. The molecule has 0 fully saturated rings. The highest BCUT2D eigenvalue weighted by molar-refractivity contribution is 4.95. The van der Waals surface area contributed by atoms with E-state index >= 15 is 0 Å². The van der Waals surface area contributed by atoms with Crippen LogP contribution in [0.2, 0.25) is 0 Å². The van der Waals surface area contributed by atoms with Crippen molar-refractivity contribution in [3.63, 3.8) is 0 Å². The first-order valence-corrected chi connectivity index (χ1v) is 3.30. The van der Waals surface area contributed by atoms with Crippen molar-refractivity contribution in [1.82, 2.24) is 0 Å². The Morgan fingerprint density at radius 1 is 0.750 bits per heavy atom. The molecule has 0 spiro atoms. The maximum absolute atomic E-state index is 2.27. The van der Waals surface area contributed by atoms with Crippen LogP contribution in [0.25, 0.3) is 0 Å². The van der Waals surface area contributed by atoms with Gasteiger partial charge in [0.25, 0.3) is 0 Å². The lowest BCUT2D eigenvalue weighted by Gasteiger charge is -1.93. The summed E-state index contributed by atoms with van der Waals surface area (Å²) in [6.45, 7) is 0. The Balaban J connectivity index is 2.31. The van der Waals surface area contributed by atoms with Gasteiger partial charge in [-0.15, -0.1) is 0 Å². The molecule has 0 heteroatoms. The minimum atomic E-state index is 1.14. The van der Waals surface area contributed by atoms with Crippen molar-refractivity contribution in [2.75, 3.05) is 0 Å². The van der Waals surface area contributed by atoms with E-state index in [1.54, 1.807) is 0 Å². The summed E-state index contributed by atoms with van der Waals surface area (Å²) < 4.78 is 0. The normalized spacial score (nSPS) is 24.0. The van der Waals surface area contributed by atoms with Crippen LogP contribution in [0.4, 0.5) is 0 Å². The van der Waals surface area contributed by atoms with Crippen LogP contribution in [-0.2, 0) is 0 Å². The van der Waals surface area contributed by atoms with Crippen molar-refractivity contribution in [2.24, 2.45) is 0 Å². The van der Waals surface area contributed by atoms with Gasteiger partial charge in [-0.1, -0.05) is 24.3 Å². The fourth-order valence-corrected chi connectivity index (χ4v) is 0.860. The van der Waals surface area contributed by atoms with Gasteiger partial charge in [-0.25, -0.2) is 0 Å². The molecule has 0 atom stereocenters. The van der Waals surface area contributed by atoms with Crippen molar-refractivity contribution in [1.29, 1.82) is 0 Å². The summed E-state index contributed by atoms with van der Waals surface area (Å²) >= 11 is 0. The molecule has 0 saturated carbocycles. The molecule has 0 heterocycles. The van der Waals surface area contributed by atoms with Gasteiger partial charge in [-0.05, 0) is 25.7 Å². The first-order valence-electron chi connectivity index (χ1n) is 3.30. The second kappa shape index (κ2) is 3.48. The molecule has 1 rings (SSSR count). The molecule has 0 saturated heterocycles. The molecule has 0 amide bonds. The number of hydrogen-bond acceptors (Lipinski definition) is 0. The van der Waals surface area contributed by atoms with Gasteiger partial charge in [0.05, 0.1) is 0 Å². The van der Waals surface area contributed by atoms with E-state index < -0.39 is 0 Å². The first kappa shape index (κ1) is 5.61. The molecule has 1 aliphatic rings. The van der Waals surface area contributed by atoms with E-state index in [1.165, 1.54) is 19.3 Å². The topological polar surface area (TPSA) is 0 Å². The average molecular weight is 108 g/mol. The molecule has 0 aromatic rings. The molecule has 0 N–H and O–H groups in total. The maximum atomic E-state index is 2.27. The van der Waals surface area contributed by atoms with Crippen LogP contribution in [0, 0.1) is 0 Å². The third kappa shape index (κ3) is 1.97. The van der Waals surface area contributed by atoms with Crippen molar-refractivity contribution in [3.05, 3.63) is 24.3 Å². The van der Waals surface area contributed by atoms with Gasteiger partial charge < -0.3 is 0 Å². The zero-order valence-corrected chi connectivity index (χ0v) is 5.14. The Hall–Kier alpha value is -0.520. The predicted octanol–water partition coefficient (Wildman–Crippen LogP) is 2.67. The van der Waals surface area contributed by atoms with Gasteiger partial charge in [0, 0.05) is 0 Å². The smallest absolute Gasteiger partial charge is 0.0169 e. The number of hydrogen-bond donors (Lipinski definition) is 0. The molecule has 0 nitrogen and oxygen atoms in total. The number of rotatable bonds is 0. The molecular weight excluding hydrogens is 96.1 g/mol. The third-order valence-electron chi connectivity index (χ3n) is 1.35. The van der Waals surface area contributed by atoms with Crippen molar-refractivity contribution in [2.45, 2.75) is 25.7 Å². The van der Waals surface area contributed by atoms with Crippen molar-refractivity contribution < 1.29 is 0 Å². The largest absolute Gasteiger partial charge is 0.0882 e. The molecule has 0 aliphatic heterocycles. The van der Waals surface area contributed by atoms with Crippen LogP contribution in [0.5, 0.6) is 0 Å². The quantitative estimate of drug-likeness (QED) is 0.418. The number of allylic oxidation sites excluding steroid dienone is 4. The highest BCUT2D eigenvalue weighted by atomic mass is 13.9. The van der Waals surface area contributed by atoms with E-state index in [2.05, 4.69) is 24.3 Å². The fraction of sp³-hybridized carbons (Fsp3) is 0.500. The summed E-state index contributed by atoms with van der Waals surface area (Å²) in [7, 11) is 0. The summed E-state index contributed by atoms with van der Waals surface area (Å²) in [6.07, 6.45) is 14.0. The van der Waals surface area contributed by atoms with Crippen LogP contribution in [0.1, 0.15) is 25.7 Å². The van der Waals surface area contributed by atoms with Crippen LogP contribution >= 0.6 is 0 Å². The molecule has 0 radical (unpaired) electrons. The van der Waals surface area contributed by atoms with Gasteiger partial charge in [-0.2, -0.15) is 0 Å². The second-order valence-corrected chi connectivity index (χ2v) is 2.11. The summed E-state index contributed by atoms with van der Waals surface area (Å²) in [5.41, 5.74) is 0. The van der Waals surface area contributed by atoms with Gasteiger partial charge in [0.15, 0.2) is 0 Å². The molecule has 8 heavy (non-hydrogen) atoms. The zero-order valence-electron chi connectivity index (χ0n) is 5.14. The van der Waals surface area contributed by atoms with Crippen molar-refractivity contribution >= 4 is 0 Å². The Morgan fingerprint density at radius 2 is 1.38 bits per heavy atom. The Labute approximate surface area is 50.9 Å². The molecule has 1 aliphatic carbocycles. The lowest BCUT2D eigenvalue weighted by atomic mass is 10.1. The highest BCUT2D eigenvalue weighted by Gasteiger charge is 1.82. The Kier molecular flexibility index (Phi) is 2.44. The van der Waals surface area contributed by atoms with Crippen LogP contribution in [0.15, 0.2) is 24.3 Å². The van der Waals surface area contributed by atoms with E-state index in [0.717, 1.165) is 6.42 Å². The van der Waals surface area contributed by atoms with Gasteiger partial charge in [0.1, 0.15) is 0 Å². The summed E-state index contributed by atoms with van der Waals surface area (Å²) in [4.78, 5) is 0. The Bertz CT molecular complexity index is 86.6. The lowest BCUT2D eigenvalue weighted by molar-refractivity contribution is 0.857. The molecular formula is C8H12. The summed E-state index contributed by atoms with van der Waals surface area (Å²) in [5.74, 6) is 0. The van der Waals surface area contributed by atoms with E-state index in [-0.39, 0.29) is 0 Å². The minimum absolute atomic E-state index is 1.14. The van der Waals surface area contributed by atoms with Gasteiger partial charge in [-0.3, -0.25) is 0 Å². The van der Waals surface area contributed by atoms with Crippen LogP contribution < -0.4 is 0 Å². The van der Waals surface area contributed by atoms with Gasteiger partial charge in [0.2, 0.25) is 0 Å². The minimum Gasteiger partial charge on any atom is -0.0882 e. The summed E-state index contributed by atoms with van der Waals surface area (Å²) in [5, 5.41) is 0. The standard InChI is InChI=1S/C8H12/c1-2-4-6-8-7-5-3-1/h1-2,5,7H,3-4,6,8H2/b2-1-,7-5?. The van der Waals surface area contributed by atoms with E-state index in [9.17, 15) is 0 Å². The molecule has 0 bridgehead atoms. The molecule has 0 aromatic carbocycles. The van der Waals surface area contributed by atoms with Crippen LogP contribution in [0.3, 0.4) is 0 Å². The fourth-order valence-electron chi connectivity index (χ4n) is 0.860. The lowest BCUT2D eigenvalue weighted by Crippen LogP contribution is -1.72. The average Bonchev–Trinajstić information content (AvgIpc) is 1.62. The Morgan fingerprint density at radius 3 is 2.00 bits per heavy atom. The summed E-state index contributed by atoms with van der Waals surface area (Å²) in [6, 6.07) is 0. The van der Waals surface area contributed by atoms with Crippen LogP contribution in [-0.4, -0.2) is 0 Å². The van der Waals surface area contributed by atoms with E-state index in [1.807, 2.05) is 0 Å². The predicted molar refractivity (Wildman–Crippen MR) is 36.7 cm³/mol.